The molecule has 0 bridgehead atoms. The zero-order valence-electron chi connectivity index (χ0n) is 14.2. The average Bonchev–Trinajstić information content (AvgIpc) is 2.52. The van der Waals surface area contributed by atoms with Crippen LogP contribution < -0.4 is 10.2 Å². The third-order valence-electron chi connectivity index (χ3n) is 3.69. The number of rotatable bonds is 6. The van der Waals surface area contributed by atoms with Crippen LogP contribution in [0.15, 0.2) is 42.5 Å². The molecule has 0 heterocycles. The van der Waals surface area contributed by atoms with Gasteiger partial charge in [0.1, 0.15) is 0 Å². The summed E-state index contributed by atoms with van der Waals surface area (Å²) in [5.74, 6) is -0.290. The van der Waals surface area contributed by atoms with Gasteiger partial charge in [-0.3, -0.25) is 9.59 Å². The van der Waals surface area contributed by atoms with E-state index in [1.54, 1.807) is 18.2 Å². The minimum Gasteiger partial charge on any atom is -0.354 e. The molecule has 0 atom stereocenters. The van der Waals surface area contributed by atoms with Crippen molar-refractivity contribution in [1.82, 2.24) is 5.32 Å². The summed E-state index contributed by atoms with van der Waals surface area (Å²) in [5, 5.41) is 3.62. The molecule has 25 heavy (non-hydrogen) atoms. The van der Waals surface area contributed by atoms with Crippen molar-refractivity contribution >= 4 is 40.7 Å². The number of halogens is 2. The van der Waals surface area contributed by atoms with E-state index in [-0.39, 0.29) is 11.8 Å². The summed E-state index contributed by atoms with van der Waals surface area (Å²) in [6, 6.07) is 12.9. The molecule has 1 N–H and O–H groups in total. The molecule has 0 aromatic heterocycles. The molecule has 0 unspecified atom stereocenters. The van der Waals surface area contributed by atoms with Gasteiger partial charge < -0.3 is 10.2 Å². The van der Waals surface area contributed by atoms with Gasteiger partial charge >= 0.3 is 0 Å². The van der Waals surface area contributed by atoms with Crippen molar-refractivity contribution < 1.29 is 9.59 Å². The Hall–Kier alpha value is -2.04. The zero-order chi connectivity index (χ0) is 18.4. The lowest BCUT2D eigenvalue weighted by molar-refractivity contribution is -0.121. The summed E-state index contributed by atoms with van der Waals surface area (Å²) in [4.78, 5) is 25.5. The van der Waals surface area contributed by atoms with Crippen LogP contribution in [-0.2, 0) is 16.0 Å². The van der Waals surface area contributed by atoms with E-state index in [1.165, 1.54) is 11.8 Å². The molecular formula is C19H20Cl2N2O2. The lowest BCUT2D eigenvalue weighted by atomic mass is 10.1. The van der Waals surface area contributed by atoms with Gasteiger partial charge in [0.2, 0.25) is 11.8 Å². The first-order chi connectivity index (χ1) is 11.9. The number of benzene rings is 2. The third kappa shape index (κ3) is 5.48. The van der Waals surface area contributed by atoms with Gasteiger partial charge in [0, 0.05) is 20.0 Å². The minimum atomic E-state index is -0.192. The molecule has 0 saturated carbocycles. The minimum absolute atomic E-state index is 0.0978. The van der Waals surface area contributed by atoms with E-state index in [9.17, 15) is 9.59 Å². The maximum atomic E-state index is 12.1. The number of nitrogens with one attached hydrogen (secondary N) is 1. The van der Waals surface area contributed by atoms with E-state index in [4.69, 9.17) is 23.2 Å². The summed E-state index contributed by atoms with van der Waals surface area (Å²) in [6.45, 7) is 4.03. The number of anilines is 1. The first-order valence-electron chi connectivity index (χ1n) is 7.93. The highest BCUT2D eigenvalue weighted by molar-refractivity contribution is 6.39. The fourth-order valence-corrected chi connectivity index (χ4v) is 3.15. The van der Waals surface area contributed by atoms with Crippen LogP contribution in [-0.4, -0.2) is 24.9 Å². The van der Waals surface area contributed by atoms with Crippen LogP contribution in [0.5, 0.6) is 0 Å². The smallest absolute Gasteiger partial charge is 0.224 e. The Labute approximate surface area is 157 Å². The van der Waals surface area contributed by atoms with E-state index < -0.39 is 0 Å². The molecule has 0 aliphatic rings. The Morgan fingerprint density at radius 3 is 2.32 bits per heavy atom. The van der Waals surface area contributed by atoms with E-state index in [0.717, 1.165) is 11.1 Å². The molecule has 0 fully saturated rings. The van der Waals surface area contributed by atoms with E-state index in [2.05, 4.69) is 5.32 Å². The molecule has 6 heteroatoms. The first kappa shape index (κ1) is 19.3. The largest absolute Gasteiger partial charge is 0.354 e. The highest BCUT2D eigenvalue weighted by Crippen LogP contribution is 2.33. The van der Waals surface area contributed by atoms with Gasteiger partial charge in [-0.2, -0.15) is 0 Å². The van der Waals surface area contributed by atoms with Crippen molar-refractivity contribution in [2.75, 3.05) is 18.0 Å². The van der Waals surface area contributed by atoms with Crippen LogP contribution in [0.1, 0.15) is 18.1 Å². The topological polar surface area (TPSA) is 49.4 Å². The number of para-hydroxylation sites is 1. The Bertz CT molecular complexity index is 758. The monoisotopic (exact) mass is 378 g/mol. The highest BCUT2D eigenvalue weighted by atomic mass is 35.5. The van der Waals surface area contributed by atoms with Crippen molar-refractivity contribution in [3.05, 3.63) is 63.6 Å². The summed E-state index contributed by atoms with van der Waals surface area (Å²) in [5.41, 5.74) is 2.53. The standard InChI is InChI=1S/C19H20Cl2N2O2/c1-13-5-3-6-15(11-13)12-18(25)22-9-10-23(14(2)24)19-16(20)7-4-8-17(19)21/h3-8,11H,9-10,12H2,1-2H3,(H,22,25). The Kier molecular flexibility index (Phi) is 6.85. The summed E-state index contributed by atoms with van der Waals surface area (Å²) in [6.07, 6.45) is 0.300. The molecule has 4 nitrogen and oxygen atoms in total. The second kappa shape index (κ2) is 8.88. The number of aryl methyl sites for hydroxylation is 1. The molecule has 132 valence electrons. The Morgan fingerprint density at radius 1 is 1.08 bits per heavy atom. The van der Waals surface area contributed by atoms with Crippen LogP contribution in [0.3, 0.4) is 0 Å². The van der Waals surface area contributed by atoms with Crippen molar-refractivity contribution in [1.29, 1.82) is 0 Å². The van der Waals surface area contributed by atoms with Crippen LogP contribution in [0.25, 0.3) is 0 Å². The molecule has 0 aliphatic carbocycles. The fourth-order valence-electron chi connectivity index (χ4n) is 2.55. The number of hydrogen-bond donors (Lipinski definition) is 1. The van der Waals surface area contributed by atoms with Crippen molar-refractivity contribution in [2.24, 2.45) is 0 Å². The molecule has 0 spiro atoms. The fraction of sp³-hybridized carbons (Fsp3) is 0.263. The van der Waals surface area contributed by atoms with Gasteiger partial charge in [-0.15, -0.1) is 0 Å². The predicted octanol–water partition coefficient (Wildman–Crippen LogP) is 4.01. The van der Waals surface area contributed by atoms with Crippen molar-refractivity contribution in [2.45, 2.75) is 20.3 Å². The first-order valence-corrected chi connectivity index (χ1v) is 8.68. The number of nitrogens with zero attached hydrogens (tertiary/aromatic N) is 1. The molecule has 0 radical (unpaired) electrons. The number of hydrogen-bond acceptors (Lipinski definition) is 2. The van der Waals surface area contributed by atoms with Gasteiger partial charge in [0.05, 0.1) is 22.2 Å². The maximum Gasteiger partial charge on any atom is 0.224 e. The SMILES string of the molecule is CC(=O)N(CCNC(=O)Cc1cccc(C)c1)c1c(Cl)cccc1Cl. The van der Waals surface area contributed by atoms with Crippen LogP contribution in [0.2, 0.25) is 10.0 Å². The normalized spacial score (nSPS) is 10.4. The summed E-state index contributed by atoms with van der Waals surface area (Å²) < 4.78 is 0. The number of carbonyl (C=O) groups is 2. The van der Waals surface area contributed by atoms with Gasteiger partial charge in [0.25, 0.3) is 0 Å². The van der Waals surface area contributed by atoms with Crippen molar-refractivity contribution in [3.63, 3.8) is 0 Å². The molecule has 2 amide bonds. The van der Waals surface area contributed by atoms with Crippen LogP contribution in [0.4, 0.5) is 5.69 Å². The predicted molar refractivity (Wildman–Crippen MR) is 102 cm³/mol. The third-order valence-corrected chi connectivity index (χ3v) is 4.30. The maximum absolute atomic E-state index is 12.1. The molecular weight excluding hydrogens is 359 g/mol. The molecule has 2 aromatic rings. The van der Waals surface area contributed by atoms with E-state index in [1.807, 2.05) is 31.2 Å². The highest BCUT2D eigenvalue weighted by Gasteiger charge is 2.18. The van der Waals surface area contributed by atoms with E-state index >= 15 is 0 Å². The Balaban J connectivity index is 1.96. The lowest BCUT2D eigenvalue weighted by Gasteiger charge is -2.23. The second-order valence-corrected chi connectivity index (χ2v) is 6.57. The van der Waals surface area contributed by atoms with Gasteiger partial charge in [0.15, 0.2) is 0 Å². The number of carbonyl (C=O) groups excluding carboxylic acids is 2. The van der Waals surface area contributed by atoms with E-state index in [0.29, 0.717) is 35.2 Å². The second-order valence-electron chi connectivity index (χ2n) is 5.76. The quantitative estimate of drug-likeness (QED) is 0.825. The van der Waals surface area contributed by atoms with Gasteiger partial charge in [-0.05, 0) is 24.6 Å². The number of amides is 2. The van der Waals surface area contributed by atoms with Crippen LogP contribution in [0, 0.1) is 6.92 Å². The Morgan fingerprint density at radius 2 is 1.72 bits per heavy atom. The van der Waals surface area contributed by atoms with Crippen LogP contribution >= 0.6 is 23.2 Å². The summed E-state index contributed by atoms with van der Waals surface area (Å²) >= 11 is 12.3. The lowest BCUT2D eigenvalue weighted by Crippen LogP contribution is -2.38. The summed E-state index contributed by atoms with van der Waals surface area (Å²) in [7, 11) is 0. The van der Waals surface area contributed by atoms with Crippen molar-refractivity contribution in [3.8, 4) is 0 Å². The molecule has 0 saturated heterocycles. The average molecular weight is 379 g/mol. The zero-order valence-corrected chi connectivity index (χ0v) is 15.7. The molecule has 2 rings (SSSR count). The molecule has 0 aliphatic heterocycles. The van der Waals surface area contributed by atoms with Gasteiger partial charge in [-0.25, -0.2) is 0 Å². The molecule has 2 aromatic carbocycles. The van der Waals surface area contributed by atoms with Gasteiger partial charge in [-0.1, -0.05) is 59.1 Å².